The Hall–Kier alpha value is -1.35. The highest BCUT2D eigenvalue weighted by molar-refractivity contribution is 6.28. The number of hydrogen-bond donors (Lipinski definition) is 1. The second-order valence-corrected chi connectivity index (χ2v) is 3.42. The summed E-state index contributed by atoms with van der Waals surface area (Å²) < 4.78 is 0. The SMILES string of the molecule is CCc1ccc2nc(Cl)[nH]c(=O)c2c1. The van der Waals surface area contributed by atoms with Crippen LogP contribution in [-0.4, -0.2) is 9.97 Å². The van der Waals surface area contributed by atoms with E-state index in [1.807, 2.05) is 25.1 Å². The van der Waals surface area contributed by atoms with Crippen LogP contribution in [0, 0.1) is 0 Å². The van der Waals surface area contributed by atoms with Crippen molar-refractivity contribution in [2.75, 3.05) is 0 Å². The fourth-order valence-corrected chi connectivity index (χ4v) is 1.55. The minimum absolute atomic E-state index is 0.131. The lowest BCUT2D eigenvalue weighted by atomic mass is 10.1. The van der Waals surface area contributed by atoms with Crippen molar-refractivity contribution >= 4 is 22.5 Å². The number of halogens is 1. The molecule has 0 aliphatic heterocycles. The largest absolute Gasteiger partial charge is 0.297 e. The molecule has 1 N–H and O–H groups in total. The standard InChI is InChI=1S/C10H9ClN2O/c1-2-6-3-4-8-7(5-6)9(14)13-10(11)12-8/h3-5H,2H2,1H3,(H,12,13,14). The zero-order valence-electron chi connectivity index (χ0n) is 7.67. The van der Waals surface area contributed by atoms with E-state index in [-0.39, 0.29) is 10.8 Å². The van der Waals surface area contributed by atoms with E-state index >= 15 is 0 Å². The molecule has 72 valence electrons. The molecule has 1 aromatic heterocycles. The normalized spacial score (nSPS) is 10.7. The Morgan fingerprint density at radius 2 is 2.29 bits per heavy atom. The minimum Gasteiger partial charge on any atom is -0.297 e. The molecule has 0 amide bonds. The predicted octanol–water partition coefficient (Wildman–Crippen LogP) is 2.14. The van der Waals surface area contributed by atoms with Crippen molar-refractivity contribution in [1.29, 1.82) is 0 Å². The number of fused-ring (bicyclic) bond motifs is 1. The lowest BCUT2D eigenvalue weighted by Crippen LogP contribution is -2.08. The number of H-pyrrole nitrogens is 1. The van der Waals surface area contributed by atoms with E-state index in [0.29, 0.717) is 10.9 Å². The summed E-state index contributed by atoms with van der Waals surface area (Å²) in [5, 5.41) is 0.723. The highest BCUT2D eigenvalue weighted by atomic mass is 35.5. The van der Waals surface area contributed by atoms with Crippen molar-refractivity contribution < 1.29 is 0 Å². The van der Waals surface area contributed by atoms with Crippen LogP contribution in [0.25, 0.3) is 10.9 Å². The van der Waals surface area contributed by atoms with E-state index < -0.39 is 0 Å². The van der Waals surface area contributed by atoms with Gasteiger partial charge < -0.3 is 0 Å². The monoisotopic (exact) mass is 208 g/mol. The highest BCUT2D eigenvalue weighted by Crippen LogP contribution is 2.11. The molecular formula is C10H9ClN2O. The van der Waals surface area contributed by atoms with E-state index in [0.717, 1.165) is 12.0 Å². The molecule has 0 fully saturated rings. The molecule has 14 heavy (non-hydrogen) atoms. The zero-order chi connectivity index (χ0) is 10.1. The van der Waals surface area contributed by atoms with Crippen LogP contribution in [0.1, 0.15) is 12.5 Å². The maximum absolute atomic E-state index is 11.5. The van der Waals surface area contributed by atoms with Crippen LogP contribution in [0.15, 0.2) is 23.0 Å². The number of aryl methyl sites for hydroxylation is 1. The maximum atomic E-state index is 11.5. The first-order valence-electron chi connectivity index (χ1n) is 4.39. The quantitative estimate of drug-likeness (QED) is 0.730. The van der Waals surface area contributed by atoms with Gasteiger partial charge in [0.15, 0.2) is 0 Å². The van der Waals surface area contributed by atoms with Gasteiger partial charge >= 0.3 is 0 Å². The van der Waals surface area contributed by atoms with Crippen molar-refractivity contribution in [2.45, 2.75) is 13.3 Å². The van der Waals surface area contributed by atoms with Gasteiger partial charge in [-0.25, -0.2) is 4.98 Å². The third-order valence-corrected chi connectivity index (χ3v) is 2.33. The van der Waals surface area contributed by atoms with Gasteiger partial charge in [0.1, 0.15) is 0 Å². The van der Waals surface area contributed by atoms with Crippen molar-refractivity contribution in [1.82, 2.24) is 9.97 Å². The second-order valence-electron chi connectivity index (χ2n) is 3.06. The number of hydrogen-bond acceptors (Lipinski definition) is 2. The summed E-state index contributed by atoms with van der Waals surface area (Å²) in [6, 6.07) is 5.61. The molecule has 0 unspecified atom stereocenters. The zero-order valence-corrected chi connectivity index (χ0v) is 8.43. The molecule has 0 radical (unpaired) electrons. The van der Waals surface area contributed by atoms with Gasteiger partial charge in [-0.2, -0.15) is 0 Å². The summed E-state index contributed by atoms with van der Waals surface area (Å²) in [5.74, 6) is 0. The molecule has 0 saturated carbocycles. The third-order valence-electron chi connectivity index (χ3n) is 2.15. The molecular weight excluding hydrogens is 200 g/mol. The molecule has 2 rings (SSSR count). The van der Waals surface area contributed by atoms with E-state index in [2.05, 4.69) is 9.97 Å². The van der Waals surface area contributed by atoms with Crippen LogP contribution in [0.5, 0.6) is 0 Å². The molecule has 4 heteroatoms. The molecule has 0 atom stereocenters. The summed E-state index contributed by atoms with van der Waals surface area (Å²) in [6.45, 7) is 2.04. The van der Waals surface area contributed by atoms with Crippen molar-refractivity contribution in [3.8, 4) is 0 Å². The van der Waals surface area contributed by atoms with E-state index in [1.54, 1.807) is 0 Å². The molecule has 2 aromatic rings. The van der Waals surface area contributed by atoms with Crippen molar-refractivity contribution in [3.05, 3.63) is 39.4 Å². The Kier molecular flexibility index (Phi) is 2.25. The van der Waals surface area contributed by atoms with Crippen LogP contribution in [0.4, 0.5) is 0 Å². The number of nitrogens with one attached hydrogen (secondary N) is 1. The van der Waals surface area contributed by atoms with Gasteiger partial charge in [-0.3, -0.25) is 9.78 Å². The molecule has 0 aliphatic carbocycles. The average molecular weight is 209 g/mol. The van der Waals surface area contributed by atoms with Gasteiger partial charge in [0.05, 0.1) is 10.9 Å². The van der Waals surface area contributed by atoms with E-state index in [9.17, 15) is 4.79 Å². The molecule has 1 heterocycles. The highest BCUT2D eigenvalue weighted by Gasteiger charge is 2.02. The lowest BCUT2D eigenvalue weighted by molar-refractivity contribution is 1.13. The van der Waals surface area contributed by atoms with Gasteiger partial charge in [0, 0.05) is 0 Å². The molecule has 0 saturated heterocycles. The number of rotatable bonds is 1. The van der Waals surface area contributed by atoms with Crippen LogP contribution in [0.2, 0.25) is 5.28 Å². The average Bonchev–Trinajstić information content (AvgIpc) is 2.17. The molecule has 1 aromatic carbocycles. The Bertz CT molecular complexity index is 533. The van der Waals surface area contributed by atoms with Gasteiger partial charge in [0.25, 0.3) is 5.56 Å². The number of benzene rings is 1. The van der Waals surface area contributed by atoms with Crippen molar-refractivity contribution in [3.63, 3.8) is 0 Å². The van der Waals surface area contributed by atoms with Gasteiger partial charge in [-0.05, 0) is 35.7 Å². The topological polar surface area (TPSA) is 45.8 Å². The number of aromatic amines is 1. The maximum Gasteiger partial charge on any atom is 0.259 e. The summed E-state index contributed by atoms with van der Waals surface area (Å²) in [4.78, 5) is 18.0. The predicted molar refractivity (Wildman–Crippen MR) is 56.8 cm³/mol. The number of aromatic nitrogens is 2. The van der Waals surface area contributed by atoms with Crippen LogP contribution >= 0.6 is 11.6 Å². The fraction of sp³-hybridized carbons (Fsp3) is 0.200. The Balaban J connectivity index is 2.82. The fourth-order valence-electron chi connectivity index (χ4n) is 1.38. The first-order chi connectivity index (χ1) is 6.70. The molecule has 3 nitrogen and oxygen atoms in total. The summed E-state index contributed by atoms with van der Waals surface area (Å²) in [7, 11) is 0. The molecule has 0 spiro atoms. The van der Waals surface area contributed by atoms with Crippen LogP contribution in [0.3, 0.4) is 0 Å². The minimum atomic E-state index is -0.185. The van der Waals surface area contributed by atoms with Gasteiger partial charge in [0.2, 0.25) is 5.28 Å². The first-order valence-corrected chi connectivity index (χ1v) is 4.77. The van der Waals surface area contributed by atoms with E-state index in [1.165, 1.54) is 0 Å². The lowest BCUT2D eigenvalue weighted by Gasteiger charge is -1.99. The summed E-state index contributed by atoms with van der Waals surface area (Å²) >= 11 is 5.63. The van der Waals surface area contributed by atoms with Gasteiger partial charge in [-0.15, -0.1) is 0 Å². The van der Waals surface area contributed by atoms with Crippen LogP contribution < -0.4 is 5.56 Å². The van der Waals surface area contributed by atoms with Crippen LogP contribution in [-0.2, 0) is 6.42 Å². The Morgan fingerprint density at radius 3 is 3.00 bits per heavy atom. The summed E-state index contributed by atoms with van der Waals surface area (Å²) in [5.41, 5.74) is 1.57. The van der Waals surface area contributed by atoms with E-state index in [4.69, 9.17) is 11.6 Å². The van der Waals surface area contributed by atoms with Crippen molar-refractivity contribution in [2.24, 2.45) is 0 Å². The number of nitrogens with zero attached hydrogens (tertiary/aromatic N) is 1. The van der Waals surface area contributed by atoms with Gasteiger partial charge in [-0.1, -0.05) is 13.0 Å². The summed E-state index contributed by atoms with van der Waals surface area (Å²) in [6.07, 6.45) is 0.901. The smallest absolute Gasteiger partial charge is 0.259 e. The Morgan fingerprint density at radius 1 is 1.50 bits per heavy atom. The first kappa shape index (κ1) is 9.21. The second kappa shape index (κ2) is 3.42. The molecule has 0 aliphatic rings. The Labute approximate surface area is 85.7 Å². The third kappa shape index (κ3) is 1.51. The molecule has 0 bridgehead atoms.